The molecule has 8 heavy (non-hydrogen) atoms. The van der Waals surface area contributed by atoms with Crippen molar-refractivity contribution in [3.05, 3.63) is 0 Å². The molecule has 2 rings (SSSR count). The van der Waals surface area contributed by atoms with Crippen molar-refractivity contribution >= 4 is 0 Å². The van der Waals surface area contributed by atoms with Gasteiger partial charge in [0.2, 0.25) is 0 Å². The Bertz CT molecular complexity index is 98.6. The first-order chi connectivity index (χ1) is 3.86. The standard InChI is InChI=1S/C7H13N/c1-5-6-2-3-7(4-6)8-5/h5-8H,2-4H2,1H3. The Balaban J connectivity index is 2.11. The summed E-state index contributed by atoms with van der Waals surface area (Å²) in [6, 6.07) is 1.73. The van der Waals surface area contributed by atoms with Gasteiger partial charge in [-0.05, 0) is 32.1 Å². The van der Waals surface area contributed by atoms with Crippen molar-refractivity contribution in [2.45, 2.75) is 38.3 Å². The monoisotopic (exact) mass is 111 g/mol. The molecule has 2 fully saturated rings. The van der Waals surface area contributed by atoms with Gasteiger partial charge in [-0.2, -0.15) is 0 Å². The van der Waals surface area contributed by atoms with Crippen molar-refractivity contribution in [2.75, 3.05) is 0 Å². The molecule has 0 spiro atoms. The van der Waals surface area contributed by atoms with Crippen molar-refractivity contribution in [1.82, 2.24) is 5.32 Å². The third-order valence-corrected chi connectivity index (χ3v) is 2.68. The topological polar surface area (TPSA) is 12.0 Å². The average Bonchev–Trinajstić information content (AvgIpc) is 2.23. The summed E-state index contributed by atoms with van der Waals surface area (Å²) >= 11 is 0. The summed E-state index contributed by atoms with van der Waals surface area (Å²) in [4.78, 5) is 0. The number of piperidine rings is 1. The molecule has 1 heteroatoms. The van der Waals surface area contributed by atoms with Gasteiger partial charge in [0.15, 0.2) is 0 Å². The minimum Gasteiger partial charge on any atom is -0.311 e. The Hall–Kier alpha value is -0.0400. The Kier molecular flexibility index (Phi) is 0.884. The Morgan fingerprint density at radius 2 is 2.25 bits per heavy atom. The number of hydrogen-bond donors (Lipinski definition) is 1. The van der Waals surface area contributed by atoms with Crippen LogP contribution in [0.1, 0.15) is 26.2 Å². The Morgan fingerprint density at radius 3 is 2.50 bits per heavy atom. The van der Waals surface area contributed by atoms with Crippen LogP contribution in [-0.2, 0) is 0 Å². The highest BCUT2D eigenvalue weighted by Crippen LogP contribution is 2.34. The Morgan fingerprint density at radius 1 is 1.38 bits per heavy atom. The summed E-state index contributed by atoms with van der Waals surface area (Å²) in [5.41, 5.74) is 0. The summed E-state index contributed by atoms with van der Waals surface area (Å²) in [6.45, 7) is 2.31. The fourth-order valence-corrected chi connectivity index (χ4v) is 2.13. The molecule has 0 aromatic carbocycles. The van der Waals surface area contributed by atoms with E-state index in [0.29, 0.717) is 0 Å². The highest BCUT2D eigenvalue weighted by Gasteiger charge is 2.35. The van der Waals surface area contributed by atoms with Gasteiger partial charge in [-0.1, -0.05) is 0 Å². The summed E-state index contributed by atoms with van der Waals surface area (Å²) in [6.07, 6.45) is 4.38. The summed E-state index contributed by atoms with van der Waals surface area (Å²) in [7, 11) is 0. The summed E-state index contributed by atoms with van der Waals surface area (Å²) < 4.78 is 0. The van der Waals surface area contributed by atoms with Crippen molar-refractivity contribution in [2.24, 2.45) is 5.92 Å². The first-order valence-electron chi connectivity index (χ1n) is 3.62. The van der Waals surface area contributed by atoms with E-state index in [9.17, 15) is 0 Å². The van der Waals surface area contributed by atoms with Gasteiger partial charge in [0.25, 0.3) is 0 Å². The van der Waals surface area contributed by atoms with Gasteiger partial charge in [-0.15, -0.1) is 0 Å². The van der Waals surface area contributed by atoms with Gasteiger partial charge in [-0.3, -0.25) is 0 Å². The normalized spacial score (nSPS) is 52.9. The molecule has 1 nitrogen and oxygen atoms in total. The first-order valence-corrected chi connectivity index (χ1v) is 3.62. The molecule has 1 heterocycles. The molecule has 2 aliphatic rings. The van der Waals surface area contributed by atoms with Gasteiger partial charge in [-0.25, -0.2) is 0 Å². The van der Waals surface area contributed by atoms with E-state index in [2.05, 4.69) is 12.2 Å². The quantitative estimate of drug-likeness (QED) is 0.494. The van der Waals surface area contributed by atoms with E-state index < -0.39 is 0 Å². The SMILES string of the molecule is CC1NC2CCC1C2. The van der Waals surface area contributed by atoms with E-state index in [1.165, 1.54) is 19.3 Å². The molecule has 0 radical (unpaired) electrons. The minimum absolute atomic E-state index is 0.828. The lowest BCUT2D eigenvalue weighted by Crippen LogP contribution is -2.32. The van der Waals surface area contributed by atoms with Crippen LogP contribution in [0, 0.1) is 5.92 Å². The lowest BCUT2D eigenvalue weighted by atomic mass is 10.0. The van der Waals surface area contributed by atoms with E-state index >= 15 is 0 Å². The molecule has 1 aliphatic carbocycles. The van der Waals surface area contributed by atoms with Gasteiger partial charge >= 0.3 is 0 Å². The summed E-state index contributed by atoms with van der Waals surface area (Å²) in [5.74, 6) is 1.03. The molecule has 0 aromatic heterocycles. The molecule has 2 bridgehead atoms. The van der Waals surface area contributed by atoms with E-state index in [-0.39, 0.29) is 0 Å². The molecular formula is C7H13N. The molecule has 3 atom stereocenters. The average molecular weight is 111 g/mol. The molecule has 1 N–H and O–H groups in total. The Labute approximate surface area is 50.5 Å². The van der Waals surface area contributed by atoms with Crippen LogP contribution in [0.15, 0.2) is 0 Å². The molecule has 1 saturated heterocycles. The van der Waals surface area contributed by atoms with Crippen molar-refractivity contribution in [3.8, 4) is 0 Å². The lowest BCUT2D eigenvalue weighted by Gasteiger charge is -2.17. The maximum Gasteiger partial charge on any atom is 0.00729 e. The second-order valence-corrected chi connectivity index (χ2v) is 3.23. The summed E-state index contributed by atoms with van der Waals surface area (Å²) in [5, 5.41) is 3.55. The minimum atomic E-state index is 0.828. The highest BCUT2D eigenvalue weighted by atomic mass is 15.0. The number of fused-ring (bicyclic) bond motifs is 2. The van der Waals surface area contributed by atoms with Crippen LogP contribution in [0.2, 0.25) is 0 Å². The zero-order valence-corrected chi connectivity index (χ0v) is 5.35. The number of rotatable bonds is 0. The van der Waals surface area contributed by atoms with Gasteiger partial charge in [0.05, 0.1) is 0 Å². The zero-order chi connectivity index (χ0) is 5.56. The van der Waals surface area contributed by atoms with E-state index in [1.54, 1.807) is 0 Å². The van der Waals surface area contributed by atoms with E-state index in [0.717, 1.165) is 18.0 Å². The maximum absolute atomic E-state index is 3.55. The molecular weight excluding hydrogens is 98.1 g/mol. The number of nitrogens with one attached hydrogen (secondary N) is 1. The molecule has 3 unspecified atom stereocenters. The predicted octanol–water partition coefficient (Wildman–Crippen LogP) is 1.15. The molecule has 0 aromatic rings. The highest BCUT2D eigenvalue weighted by molar-refractivity contribution is 4.94. The van der Waals surface area contributed by atoms with Crippen LogP contribution >= 0.6 is 0 Å². The second kappa shape index (κ2) is 1.47. The fourth-order valence-electron chi connectivity index (χ4n) is 2.13. The van der Waals surface area contributed by atoms with Crippen molar-refractivity contribution < 1.29 is 0 Å². The molecule has 0 amide bonds. The van der Waals surface area contributed by atoms with Crippen LogP contribution in [0.3, 0.4) is 0 Å². The number of hydrogen-bond acceptors (Lipinski definition) is 1. The molecule has 46 valence electrons. The van der Waals surface area contributed by atoms with Crippen LogP contribution < -0.4 is 5.32 Å². The van der Waals surface area contributed by atoms with Crippen molar-refractivity contribution in [1.29, 1.82) is 0 Å². The van der Waals surface area contributed by atoms with E-state index in [4.69, 9.17) is 0 Å². The third kappa shape index (κ3) is 0.510. The smallest absolute Gasteiger partial charge is 0.00729 e. The van der Waals surface area contributed by atoms with Gasteiger partial charge in [0.1, 0.15) is 0 Å². The third-order valence-electron chi connectivity index (χ3n) is 2.68. The van der Waals surface area contributed by atoms with Crippen molar-refractivity contribution in [3.63, 3.8) is 0 Å². The first kappa shape index (κ1) is 4.80. The molecule has 1 saturated carbocycles. The van der Waals surface area contributed by atoms with Gasteiger partial charge < -0.3 is 5.32 Å². The maximum atomic E-state index is 3.55. The molecule has 1 aliphatic heterocycles. The fraction of sp³-hybridized carbons (Fsp3) is 1.00. The second-order valence-electron chi connectivity index (χ2n) is 3.23. The predicted molar refractivity (Wildman–Crippen MR) is 33.7 cm³/mol. The van der Waals surface area contributed by atoms with Gasteiger partial charge in [0, 0.05) is 12.1 Å². The lowest BCUT2D eigenvalue weighted by molar-refractivity contribution is 0.405. The van der Waals surface area contributed by atoms with Crippen LogP contribution in [0.25, 0.3) is 0 Å². The van der Waals surface area contributed by atoms with E-state index in [1.807, 2.05) is 0 Å². The largest absolute Gasteiger partial charge is 0.311 e. The van der Waals surface area contributed by atoms with Crippen LogP contribution in [0.4, 0.5) is 0 Å². The van der Waals surface area contributed by atoms with Crippen LogP contribution in [0.5, 0.6) is 0 Å². The van der Waals surface area contributed by atoms with Crippen LogP contribution in [-0.4, -0.2) is 12.1 Å². The zero-order valence-electron chi connectivity index (χ0n) is 5.35.